The van der Waals surface area contributed by atoms with Gasteiger partial charge >= 0.3 is 6.16 Å². The summed E-state index contributed by atoms with van der Waals surface area (Å²) in [7, 11) is 0. The van der Waals surface area contributed by atoms with Crippen molar-refractivity contribution in [3.05, 3.63) is 6.61 Å². The summed E-state index contributed by atoms with van der Waals surface area (Å²) in [6.45, 7) is 3.01. The van der Waals surface area contributed by atoms with E-state index in [9.17, 15) is 4.79 Å². The lowest BCUT2D eigenvalue weighted by Crippen LogP contribution is -2.17. The van der Waals surface area contributed by atoms with Gasteiger partial charge in [-0.15, -0.1) is 0 Å². The van der Waals surface area contributed by atoms with Crippen LogP contribution in [0, 0.1) is 6.61 Å². The molecule has 0 bridgehead atoms. The molecule has 0 aliphatic heterocycles. The van der Waals surface area contributed by atoms with Gasteiger partial charge in [0.25, 0.3) is 0 Å². The van der Waals surface area contributed by atoms with Crippen LogP contribution in [0.25, 0.3) is 0 Å². The predicted molar refractivity (Wildman–Crippen MR) is 49.0 cm³/mol. The third kappa shape index (κ3) is 4.15. The minimum atomic E-state index is -0.561. The number of hydrogen-bond acceptors (Lipinski definition) is 3. The Kier molecular flexibility index (Phi) is 4.65. The van der Waals surface area contributed by atoms with Crippen LogP contribution in [0.15, 0.2) is 0 Å². The topological polar surface area (TPSA) is 35.5 Å². The van der Waals surface area contributed by atoms with E-state index in [0.29, 0.717) is 0 Å². The molecule has 1 radical (unpaired) electrons. The van der Waals surface area contributed by atoms with Crippen LogP contribution in [0.1, 0.15) is 45.4 Å². The van der Waals surface area contributed by atoms with E-state index in [0.717, 1.165) is 25.7 Å². The summed E-state index contributed by atoms with van der Waals surface area (Å²) in [5, 5.41) is 0. The van der Waals surface area contributed by atoms with E-state index < -0.39 is 6.16 Å². The first kappa shape index (κ1) is 10.4. The van der Waals surface area contributed by atoms with Gasteiger partial charge in [0.05, 0.1) is 0 Å². The van der Waals surface area contributed by atoms with Gasteiger partial charge in [-0.25, -0.2) is 4.79 Å². The summed E-state index contributed by atoms with van der Waals surface area (Å²) in [4.78, 5) is 10.9. The molecule has 0 N–H and O–H groups in total. The van der Waals surface area contributed by atoms with E-state index in [2.05, 4.69) is 4.74 Å². The molecule has 0 atom stereocenters. The maximum absolute atomic E-state index is 10.9. The highest BCUT2D eigenvalue weighted by Gasteiger charge is 2.16. The summed E-state index contributed by atoms with van der Waals surface area (Å²) < 4.78 is 9.72. The van der Waals surface area contributed by atoms with Crippen LogP contribution in [-0.4, -0.2) is 12.3 Å². The van der Waals surface area contributed by atoms with Crippen molar-refractivity contribution in [3.63, 3.8) is 0 Å². The molecular weight excluding hydrogens is 168 g/mol. The van der Waals surface area contributed by atoms with Gasteiger partial charge in [0.1, 0.15) is 12.7 Å². The molecule has 1 aliphatic rings. The average Bonchev–Trinajstić information content (AvgIpc) is 2.33. The summed E-state index contributed by atoms with van der Waals surface area (Å²) >= 11 is 0. The standard InChI is InChI=1S/C10H17O3/c1-2-12-10(11)13-9-7-5-3-4-6-8-9/h2,9H,3-8H2,1H3. The maximum atomic E-state index is 10.9. The largest absolute Gasteiger partial charge is 0.508 e. The van der Waals surface area contributed by atoms with Gasteiger partial charge in [-0.05, 0) is 32.6 Å². The highest BCUT2D eigenvalue weighted by Crippen LogP contribution is 2.20. The molecular formula is C10H17O3. The van der Waals surface area contributed by atoms with Crippen molar-refractivity contribution in [2.75, 3.05) is 0 Å². The molecule has 0 saturated heterocycles. The molecule has 1 fully saturated rings. The molecule has 1 rings (SSSR count). The average molecular weight is 185 g/mol. The number of carbonyl (C=O) groups is 1. The van der Waals surface area contributed by atoms with Crippen LogP contribution < -0.4 is 0 Å². The summed E-state index contributed by atoms with van der Waals surface area (Å²) in [6.07, 6.45) is 6.33. The first-order valence-electron chi connectivity index (χ1n) is 4.98. The van der Waals surface area contributed by atoms with Crippen LogP contribution in [0.3, 0.4) is 0 Å². The molecule has 0 unspecified atom stereocenters. The quantitative estimate of drug-likeness (QED) is 0.490. The van der Waals surface area contributed by atoms with Crippen molar-refractivity contribution in [1.29, 1.82) is 0 Å². The highest BCUT2D eigenvalue weighted by molar-refractivity contribution is 5.60. The summed E-state index contributed by atoms with van der Waals surface area (Å²) in [5.41, 5.74) is 0. The Bertz CT molecular complexity index is 148. The van der Waals surface area contributed by atoms with Gasteiger partial charge in [-0.2, -0.15) is 0 Å². The van der Waals surface area contributed by atoms with E-state index in [4.69, 9.17) is 4.74 Å². The third-order valence-corrected chi connectivity index (χ3v) is 2.28. The van der Waals surface area contributed by atoms with E-state index in [1.165, 1.54) is 19.4 Å². The fourth-order valence-electron chi connectivity index (χ4n) is 1.62. The van der Waals surface area contributed by atoms with Crippen LogP contribution in [0.2, 0.25) is 0 Å². The lowest BCUT2D eigenvalue weighted by Gasteiger charge is -2.14. The second kappa shape index (κ2) is 5.84. The SMILES string of the molecule is C[CH]OC(=O)OC1CCCCCC1. The van der Waals surface area contributed by atoms with Crippen LogP contribution >= 0.6 is 0 Å². The first-order valence-corrected chi connectivity index (χ1v) is 4.98. The Morgan fingerprint density at radius 2 is 1.85 bits per heavy atom. The maximum Gasteiger partial charge on any atom is 0.508 e. The van der Waals surface area contributed by atoms with E-state index in [1.54, 1.807) is 6.92 Å². The highest BCUT2D eigenvalue weighted by atomic mass is 16.7. The van der Waals surface area contributed by atoms with E-state index in [1.807, 2.05) is 0 Å². The Morgan fingerprint density at radius 3 is 2.38 bits per heavy atom. The molecule has 0 spiro atoms. The van der Waals surface area contributed by atoms with Gasteiger partial charge < -0.3 is 9.47 Å². The lowest BCUT2D eigenvalue weighted by molar-refractivity contribution is 0.0333. The van der Waals surface area contributed by atoms with Gasteiger partial charge in [0.2, 0.25) is 0 Å². The third-order valence-electron chi connectivity index (χ3n) is 2.28. The lowest BCUT2D eigenvalue weighted by atomic mass is 10.2. The number of ether oxygens (including phenoxy) is 2. The molecule has 13 heavy (non-hydrogen) atoms. The minimum absolute atomic E-state index is 0.0787. The zero-order chi connectivity index (χ0) is 9.52. The summed E-state index contributed by atoms with van der Waals surface area (Å²) in [6, 6.07) is 0. The van der Waals surface area contributed by atoms with Crippen molar-refractivity contribution in [2.45, 2.75) is 51.6 Å². The fourth-order valence-corrected chi connectivity index (χ4v) is 1.62. The molecule has 0 amide bonds. The van der Waals surface area contributed by atoms with Crippen LogP contribution in [-0.2, 0) is 9.47 Å². The van der Waals surface area contributed by atoms with Crippen molar-refractivity contribution < 1.29 is 14.3 Å². The molecule has 75 valence electrons. The molecule has 0 aromatic rings. The number of rotatable bonds is 2. The van der Waals surface area contributed by atoms with E-state index in [-0.39, 0.29) is 6.10 Å². The van der Waals surface area contributed by atoms with Crippen molar-refractivity contribution in [1.82, 2.24) is 0 Å². The molecule has 3 nitrogen and oxygen atoms in total. The number of hydrogen-bond donors (Lipinski definition) is 0. The first-order chi connectivity index (χ1) is 6.33. The Hall–Kier alpha value is -0.730. The van der Waals surface area contributed by atoms with Gasteiger partial charge in [0, 0.05) is 0 Å². The zero-order valence-corrected chi connectivity index (χ0v) is 8.12. The van der Waals surface area contributed by atoms with Crippen LogP contribution in [0.4, 0.5) is 4.79 Å². The molecule has 0 aromatic heterocycles. The normalized spacial score (nSPS) is 19.2. The van der Waals surface area contributed by atoms with Gasteiger partial charge in [0.15, 0.2) is 0 Å². The Labute approximate surface area is 79.4 Å². The Morgan fingerprint density at radius 1 is 1.23 bits per heavy atom. The van der Waals surface area contributed by atoms with E-state index >= 15 is 0 Å². The molecule has 3 heteroatoms. The number of carbonyl (C=O) groups excluding carboxylic acids is 1. The second-order valence-corrected chi connectivity index (χ2v) is 3.33. The second-order valence-electron chi connectivity index (χ2n) is 3.33. The smallest absolute Gasteiger partial charge is 0.431 e. The molecule has 1 aliphatic carbocycles. The molecule has 1 saturated carbocycles. The zero-order valence-electron chi connectivity index (χ0n) is 8.12. The van der Waals surface area contributed by atoms with Gasteiger partial charge in [-0.3, -0.25) is 0 Å². The van der Waals surface area contributed by atoms with Crippen molar-refractivity contribution in [3.8, 4) is 0 Å². The Balaban J connectivity index is 2.21. The van der Waals surface area contributed by atoms with Crippen molar-refractivity contribution >= 4 is 6.16 Å². The summed E-state index contributed by atoms with van der Waals surface area (Å²) in [5.74, 6) is 0. The monoisotopic (exact) mass is 185 g/mol. The van der Waals surface area contributed by atoms with Gasteiger partial charge in [-0.1, -0.05) is 12.8 Å². The van der Waals surface area contributed by atoms with Crippen LogP contribution in [0.5, 0.6) is 0 Å². The minimum Gasteiger partial charge on any atom is -0.431 e. The molecule has 0 heterocycles. The van der Waals surface area contributed by atoms with Crippen molar-refractivity contribution in [2.24, 2.45) is 0 Å². The fraction of sp³-hybridized carbons (Fsp3) is 0.800. The predicted octanol–water partition coefficient (Wildman–Crippen LogP) is 3.04. The molecule has 0 aromatic carbocycles.